The maximum Gasteiger partial charge on any atom is 0.412 e. The van der Waals surface area contributed by atoms with Crippen molar-refractivity contribution in [2.24, 2.45) is 5.92 Å². The molecule has 2 N–H and O–H groups in total. The van der Waals surface area contributed by atoms with E-state index in [0.717, 1.165) is 29.2 Å². The smallest absolute Gasteiger partial charge is 0.412 e. The van der Waals surface area contributed by atoms with Crippen LogP contribution in [0, 0.1) is 17.2 Å². The molecule has 34 heavy (non-hydrogen) atoms. The number of nitrogens with one attached hydrogen (secondary N) is 2. The first-order chi connectivity index (χ1) is 16.4. The van der Waals surface area contributed by atoms with Crippen molar-refractivity contribution < 1.29 is 19.1 Å². The van der Waals surface area contributed by atoms with Gasteiger partial charge < -0.3 is 14.8 Å². The van der Waals surface area contributed by atoms with E-state index in [-0.39, 0.29) is 6.61 Å². The van der Waals surface area contributed by atoms with Gasteiger partial charge in [0.2, 0.25) is 5.72 Å². The van der Waals surface area contributed by atoms with Crippen LogP contribution in [0.1, 0.15) is 31.7 Å². The molecule has 0 bridgehead atoms. The van der Waals surface area contributed by atoms with Crippen LogP contribution in [0.2, 0.25) is 0 Å². The average molecular weight is 458 g/mol. The molecular weight excluding hydrogens is 430 g/mol. The lowest BCUT2D eigenvalue weighted by molar-refractivity contribution is -0.137. The van der Waals surface area contributed by atoms with Crippen LogP contribution in [0.3, 0.4) is 0 Å². The Morgan fingerprint density at radius 2 is 1.76 bits per heavy atom. The highest BCUT2D eigenvalue weighted by atomic mass is 16.6. The molecule has 2 atom stereocenters. The monoisotopic (exact) mass is 457 g/mol. The summed E-state index contributed by atoms with van der Waals surface area (Å²) in [7, 11) is 0. The van der Waals surface area contributed by atoms with Crippen LogP contribution in [0.25, 0.3) is 10.8 Å². The minimum absolute atomic E-state index is 0.155. The van der Waals surface area contributed by atoms with E-state index in [9.17, 15) is 14.9 Å². The third-order valence-electron chi connectivity index (χ3n) is 5.73. The summed E-state index contributed by atoms with van der Waals surface area (Å²) in [4.78, 5) is 25.6. The van der Waals surface area contributed by atoms with Crippen molar-refractivity contribution in [3.8, 4) is 6.07 Å². The molecule has 0 heterocycles. The number of ether oxygens (including phenoxy) is 2. The van der Waals surface area contributed by atoms with Gasteiger partial charge in [0.25, 0.3) is 5.91 Å². The zero-order valence-electron chi connectivity index (χ0n) is 19.0. The molecule has 0 radical (unpaired) electrons. The van der Waals surface area contributed by atoms with E-state index in [1.807, 2.05) is 72.8 Å². The molecule has 0 saturated heterocycles. The maximum absolute atomic E-state index is 13.0. The van der Waals surface area contributed by atoms with Gasteiger partial charge in [-0.2, -0.15) is 5.26 Å². The Morgan fingerprint density at radius 1 is 1.06 bits per heavy atom. The molecule has 0 aliphatic heterocycles. The number of hydrogen-bond acceptors (Lipinski definition) is 5. The minimum atomic E-state index is -1.56. The van der Waals surface area contributed by atoms with Gasteiger partial charge in [-0.15, -0.1) is 0 Å². The fraction of sp³-hybridized carbons (Fsp3) is 0.296. The number of carbonyl (C=O) groups is 2. The Kier molecular flexibility index (Phi) is 7.09. The summed E-state index contributed by atoms with van der Waals surface area (Å²) >= 11 is 0. The van der Waals surface area contributed by atoms with Crippen LogP contribution in [-0.2, 0) is 20.9 Å². The number of amides is 2. The molecule has 0 aromatic heterocycles. The molecule has 1 saturated carbocycles. The molecule has 7 heteroatoms. The van der Waals surface area contributed by atoms with Gasteiger partial charge in [0, 0.05) is 5.69 Å². The number of hydrogen-bond donors (Lipinski definition) is 2. The predicted molar refractivity (Wildman–Crippen MR) is 129 cm³/mol. The second-order valence-electron chi connectivity index (χ2n) is 8.67. The number of nitriles is 1. The van der Waals surface area contributed by atoms with Crippen LogP contribution in [0.5, 0.6) is 0 Å². The van der Waals surface area contributed by atoms with Gasteiger partial charge in [-0.05, 0) is 47.7 Å². The van der Waals surface area contributed by atoms with Crippen LogP contribution in [0.15, 0.2) is 72.8 Å². The van der Waals surface area contributed by atoms with E-state index in [4.69, 9.17) is 9.47 Å². The van der Waals surface area contributed by atoms with E-state index >= 15 is 0 Å². The summed E-state index contributed by atoms with van der Waals surface area (Å²) < 4.78 is 11.2. The summed E-state index contributed by atoms with van der Waals surface area (Å²) in [5.74, 6) is -0.236. The van der Waals surface area contributed by atoms with Gasteiger partial charge in [0.15, 0.2) is 6.10 Å². The van der Waals surface area contributed by atoms with E-state index in [1.165, 1.54) is 6.92 Å². The van der Waals surface area contributed by atoms with Gasteiger partial charge >= 0.3 is 6.09 Å². The highest BCUT2D eigenvalue weighted by Crippen LogP contribution is 2.34. The number of benzene rings is 3. The average Bonchev–Trinajstić information content (AvgIpc) is 3.67. The third kappa shape index (κ3) is 6.33. The van der Waals surface area contributed by atoms with Gasteiger partial charge in [-0.1, -0.05) is 73.5 Å². The second kappa shape index (κ2) is 10.4. The number of fused-ring (bicyclic) bond motifs is 1. The lowest BCUT2D eigenvalue weighted by Gasteiger charge is -2.26. The lowest BCUT2D eigenvalue weighted by atomic mass is 10.1. The lowest BCUT2D eigenvalue weighted by Crippen LogP contribution is -2.51. The van der Waals surface area contributed by atoms with Crippen molar-refractivity contribution in [3.05, 3.63) is 78.4 Å². The molecule has 3 aromatic rings. The zero-order chi connectivity index (χ0) is 24.0. The van der Waals surface area contributed by atoms with Crippen molar-refractivity contribution in [2.45, 2.75) is 44.6 Å². The van der Waals surface area contributed by atoms with Crippen molar-refractivity contribution in [2.75, 3.05) is 5.32 Å². The van der Waals surface area contributed by atoms with Crippen LogP contribution in [0.4, 0.5) is 10.5 Å². The van der Waals surface area contributed by atoms with E-state index < -0.39 is 23.8 Å². The Labute approximate surface area is 198 Å². The molecule has 7 nitrogen and oxygen atoms in total. The molecule has 1 aliphatic carbocycles. The van der Waals surface area contributed by atoms with E-state index in [1.54, 1.807) is 6.07 Å². The number of carbonyl (C=O) groups excluding carboxylic acids is 2. The number of nitrogens with zero attached hydrogens (tertiary/aromatic N) is 1. The van der Waals surface area contributed by atoms with Crippen molar-refractivity contribution in [1.82, 2.24) is 5.32 Å². The Hall–Kier alpha value is -3.89. The number of rotatable bonds is 9. The largest absolute Gasteiger partial charge is 0.436 e. The fourth-order valence-electron chi connectivity index (χ4n) is 3.62. The zero-order valence-corrected chi connectivity index (χ0v) is 19.0. The van der Waals surface area contributed by atoms with E-state index in [2.05, 4.69) is 10.6 Å². The van der Waals surface area contributed by atoms with Crippen molar-refractivity contribution in [3.63, 3.8) is 0 Å². The predicted octanol–water partition coefficient (Wildman–Crippen LogP) is 5.13. The number of anilines is 1. The second-order valence-corrected chi connectivity index (χ2v) is 8.67. The van der Waals surface area contributed by atoms with Crippen LogP contribution >= 0.6 is 0 Å². The van der Waals surface area contributed by atoms with Gasteiger partial charge in [-0.25, -0.2) is 4.79 Å². The standard InChI is InChI=1S/C27H27N3O4/c1-27(18-28,33-17-20-7-3-2-4-8-20)30-25(31)24(15-19-11-12-19)34-26(32)29-23-14-13-21-9-5-6-10-22(21)16-23/h2-10,13-14,16,19,24H,11-12,15,17H2,1H3,(H,29,32)(H,30,31). The minimum Gasteiger partial charge on any atom is -0.436 e. The molecule has 174 valence electrons. The molecule has 3 aromatic carbocycles. The van der Waals surface area contributed by atoms with Gasteiger partial charge in [0.05, 0.1) is 6.61 Å². The molecule has 1 aliphatic rings. The van der Waals surface area contributed by atoms with Crippen LogP contribution in [-0.4, -0.2) is 23.8 Å². The first kappa shape index (κ1) is 23.3. The highest BCUT2D eigenvalue weighted by Gasteiger charge is 2.36. The summed E-state index contributed by atoms with van der Waals surface area (Å²) in [6.45, 7) is 1.64. The SMILES string of the molecule is CC(C#N)(NC(=O)C(CC1CC1)OC(=O)Nc1ccc2ccccc2c1)OCc1ccccc1. The molecule has 2 unspecified atom stereocenters. The van der Waals surface area contributed by atoms with E-state index in [0.29, 0.717) is 18.0 Å². The van der Waals surface area contributed by atoms with Gasteiger partial charge in [0.1, 0.15) is 6.07 Å². The molecule has 2 amide bonds. The van der Waals surface area contributed by atoms with Crippen molar-refractivity contribution in [1.29, 1.82) is 5.26 Å². The molecular formula is C27H27N3O4. The summed E-state index contributed by atoms with van der Waals surface area (Å²) in [6, 6.07) is 24.7. The highest BCUT2D eigenvalue weighted by molar-refractivity contribution is 5.92. The molecule has 0 spiro atoms. The van der Waals surface area contributed by atoms with Crippen LogP contribution < -0.4 is 10.6 Å². The molecule has 1 fully saturated rings. The summed E-state index contributed by atoms with van der Waals surface area (Å²) in [6.07, 6.45) is 0.622. The third-order valence-corrected chi connectivity index (χ3v) is 5.73. The normalized spacial score (nSPS) is 15.5. The first-order valence-corrected chi connectivity index (χ1v) is 11.3. The Bertz CT molecular complexity index is 1200. The maximum atomic E-state index is 13.0. The molecule has 4 rings (SSSR count). The first-order valence-electron chi connectivity index (χ1n) is 11.3. The fourth-order valence-corrected chi connectivity index (χ4v) is 3.62. The van der Waals surface area contributed by atoms with Crippen molar-refractivity contribution >= 4 is 28.5 Å². The summed E-state index contributed by atoms with van der Waals surface area (Å²) in [5.41, 5.74) is -0.117. The van der Waals surface area contributed by atoms with Gasteiger partial charge in [-0.3, -0.25) is 10.1 Å². The topological polar surface area (TPSA) is 100 Å². The Morgan fingerprint density at radius 3 is 2.47 bits per heavy atom. The Balaban J connectivity index is 1.39. The summed E-state index contributed by atoms with van der Waals surface area (Å²) in [5, 5.41) is 17.0. The quantitative estimate of drug-likeness (QED) is 0.434.